The number of hydrogen-bond acceptors (Lipinski definition) is 1. The van der Waals surface area contributed by atoms with Gasteiger partial charge in [0, 0.05) is 0 Å². The molecule has 1 N–H and O–H groups in total. The first kappa shape index (κ1) is 7.07. The highest BCUT2D eigenvalue weighted by Gasteiger charge is 2.31. The highest BCUT2D eigenvalue weighted by Crippen LogP contribution is 2.40. The van der Waals surface area contributed by atoms with E-state index in [0.717, 1.165) is 12.8 Å². The molecule has 0 aliphatic heterocycles. The second kappa shape index (κ2) is 2.30. The Morgan fingerprint density at radius 2 is 2.33 bits per heavy atom. The Bertz CT molecular complexity index is 101. The van der Waals surface area contributed by atoms with E-state index in [9.17, 15) is 5.11 Å². The third kappa shape index (κ3) is 1.45. The summed E-state index contributed by atoms with van der Waals surface area (Å²) in [5.41, 5.74) is 0.458. The first-order valence-corrected chi connectivity index (χ1v) is 3.84. The van der Waals surface area contributed by atoms with Crippen LogP contribution in [0.2, 0.25) is 0 Å². The molecule has 0 bridgehead atoms. The average molecular weight is 128 g/mol. The fourth-order valence-electron chi connectivity index (χ4n) is 1.61. The van der Waals surface area contributed by atoms with E-state index in [1.165, 1.54) is 12.8 Å². The molecule has 1 unspecified atom stereocenters. The normalized spacial score (nSPS) is 43.7. The summed E-state index contributed by atoms with van der Waals surface area (Å²) in [5.74, 6) is 0. The van der Waals surface area contributed by atoms with Crippen molar-refractivity contribution in [3.63, 3.8) is 0 Å². The molecular formula is C8H16O. The minimum Gasteiger partial charge on any atom is -0.393 e. The molecule has 1 fully saturated rings. The Morgan fingerprint density at radius 3 is 2.56 bits per heavy atom. The highest BCUT2D eigenvalue weighted by molar-refractivity contribution is 4.83. The van der Waals surface area contributed by atoms with Crippen molar-refractivity contribution in [2.24, 2.45) is 5.41 Å². The Labute approximate surface area is 57.1 Å². The van der Waals surface area contributed by atoms with Crippen molar-refractivity contribution in [1.82, 2.24) is 0 Å². The van der Waals surface area contributed by atoms with E-state index >= 15 is 0 Å². The molecule has 0 aromatic rings. The molecule has 0 aromatic carbocycles. The van der Waals surface area contributed by atoms with Crippen molar-refractivity contribution in [2.45, 2.75) is 45.6 Å². The summed E-state index contributed by atoms with van der Waals surface area (Å²) in [6.45, 7) is 4.47. The monoisotopic (exact) mass is 128 g/mol. The number of hydrogen-bond donors (Lipinski definition) is 1. The van der Waals surface area contributed by atoms with Gasteiger partial charge in [-0.3, -0.25) is 0 Å². The van der Waals surface area contributed by atoms with Gasteiger partial charge < -0.3 is 5.11 Å². The van der Waals surface area contributed by atoms with E-state index in [4.69, 9.17) is 0 Å². The average Bonchev–Trinajstić information content (AvgIpc) is 2.13. The third-order valence-electron chi connectivity index (χ3n) is 2.66. The van der Waals surface area contributed by atoms with Gasteiger partial charge in [-0.15, -0.1) is 0 Å². The molecule has 0 radical (unpaired) electrons. The molecule has 0 spiro atoms. The standard InChI is InChI=1S/C8H16O/c1-3-8(2)5-4-7(9)6-8/h7,9H,3-6H2,1-2H3/t7-,8?/m1/s1. The molecule has 1 rings (SSSR count). The van der Waals surface area contributed by atoms with E-state index in [1.54, 1.807) is 0 Å². The van der Waals surface area contributed by atoms with Crippen LogP contribution in [0.1, 0.15) is 39.5 Å². The van der Waals surface area contributed by atoms with Gasteiger partial charge in [0.25, 0.3) is 0 Å². The zero-order chi connectivity index (χ0) is 6.91. The van der Waals surface area contributed by atoms with Crippen LogP contribution in [0.5, 0.6) is 0 Å². The van der Waals surface area contributed by atoms with E-state index in [2.05, 4.69) is 13.8 Å². The number of rotatable bonds is 1. The van der Waals surface area contributed by atoms with Gasteiger partial charge in [0.15, 0.2) is 0 Å². The van der Waals surface area contributed by atoms with Crippen molar-refractivity contribution < 1.29 is 5.11 Å². The molecule has 0 heterocycles. The minimum atomic E-state index is -0.00468. The SMILES string of the molecule is CCC1(C)CC[C@@H](O)C1. The second-order valence-corrected chi connectivity index (χ2v) is 3.56. The minimum absolute atomic E-state index is 0.00468. The predicted octanol–water partition coefficient (Wildman–Crippen LogP) is 1.95. The molecule has 1 saturated carbocycles. The summed E-state index contributed by atoms with van der Waals surface area (Å²) < 4.78 is 0. The quantitative estimate of drug-likeness (QED) is 0.572. The van der Waals surface area contributed by atoms with Crippen LogP contribution in [0.4, 0.5) is 0 Å². The maximum Gasteiger partial charge on any atom is 0.0545 e. The van der Waals surface area contributed by atoms with Gasteiger partial charge in [0.1, 0.15) is 0 Å². The van der Waals surface area contributed by atoms with Crippen molar-refractivity contribution in [2.75, 3.05) is 0 Å². The van der Waals surface area contributed by atoms with E-state index in [1.807, 2.05) is 0 Å². The summed E-state index contributed by atoms with van der Waals surface area (Å²) in [6, 6.07) is 0. The predicted molar refractivity (Wildman–Crippen MR) is 38.3 cm³/mol. The Balaban J connectivity index is 2.45. The van der Waals surface area contributed by atoms with Crippen molar-refractivity contribution in [1.29, 1.82) is 0 Å². The lowest BCUT2D eigenvalue weighted by molar-refractivity contribution is 0.162. The largest absolute Gasteiger partial charge is 0.393 e. The number of aliphatic hydroxyl groups is 1. The van der Waals surface area contributed by atoms with Gasteiger partial charge in [-0.1, -0.05) is 20.3 Å². The van der Waals surface area contributed by atoms with Gasteiger partial charge in [-0.05, 0) is 24.7 Å². The van der Waals surface area contributed by atoms with Crippen LogP contribution in [0.15, 0.2) is 0 Å². The fourth-order valence-corrected chi connectivity index (χ4v) is 1.61. The lowest BCUT2D eigenvalue weighted by atomic mass is 9.86. The van der Waals surface area contributed by atoms with E-state index in [-0.39, 0.29) is 6.10 Å². The number of aliphatic hydroxyl groups excluding tert-OH is 1. The summed E-state index contributed by atoms with van der Waals surface area (Å²) >= 11 is 0. The van der Waals surface area contributed by atoms with Gasteiger partial charge in [0.2, 0.25) is 0 Å². The van der Waals surface area contributed by atoms with E-state index in [0.29, 0.717) is 5.41 Å². The van der Waals surface area contributed by atoms with E-state index < -0.39 is 0 Å². The molecule has 1 heteroatoms. The van der Waals surface area contributed by atoms with Crippen LogP contribution in [0.3, 0.4) is 0 Å². The highest BCUT2D eigenvalue weighted by atomic mass is 16.3. The first-order chi connectivity index (χ1) is 4.16. The molecule has 1 aliphatic rings. The zero-order valence-corrected chi connectivity index (χ0v) is 6.35. The smallest absolute Gasteiger partial charge is 0.0545 e. The maximum atomic E-state index is 9.20. The van der Waals surface area contributed by atoms with Crippen molar-refractivity contribution in [3.05, 3.63) is 0 Å². The zero-order valence-electron chi connectivity index (χ0n) is 6.35. The maximum absolute atomic E-state index is 9.20. The lowest BCUT2D eigenvalue weighted by Gasteiger charge is -2.20. The van der Waals surface area contributed by atoms with Gasteiger partial charge >= 0.3 is 0 Å². The second-order valence-electron chi connectivity index (χ2n) is 3.56. The topological polar surface area (TPSA) is 20.2 Å². The summed E-state index contributed by atoms with van der Waals surface area (Å²) in [7, 11) is 0. The Kier molecular flexibility index (Phi) is 1.80. The molecule has 0 saturated heterocycles. The van der Waals surface area contributed by atoms with Crippen LogP contribution in [-0.2, 0) is 0 Å². The van der Waals surface area contributed by atoms with Crippen LogP contribution in [0.25, 0.3) is 0 Å². The van der Waals surface area contributed by atoms with Crippen LogP contribution in [-0.4, -0.2) is 11.2 Å². The van der Waals surface area contributed by atoms with Crippen LogP contribution in [0, 0.1) is 5.41 Å². The van der Waals surface area contributed by atoms with Crippen LogP contribution >= 0.6 is 0 Å². The molecule has 1 nitrogen and oxygen atoms in total. The molecule has 1 aliphatic carbocycles. The van der Waals surface area contributed by atoms with Crippen molar-refractivity contribution >= 4 is 0 Å². The third-order valence-corrected chi connectivity index (χ3v) is 2.66. The molecule has 9 heavy (non-hydrogen) atoms. The molecular weight excluding hydrogens is 112 g/mol. The summed E-state index contributed by atoms with van der Waals surface area (Å²) in [4.78, 5) is 0. The van der Waals surface area contributed by atoms with Crippen LogP contribution < -0.4 is 0 Å². The lowest BCUT2D eigenvalue weighted by Crippen LogP contribution is -2.11. The summed E-state index contributed by atoms with van der Waals surface area (Å²) in [5, 5.41) is 9.20. The first-order valence-electron chi connectivity index (χ1n) is 3.84. The molecule has 2 atom stereocenters. The summed E-state index contributed by atoms with van der Waals surface area (Å²) in [6.07, 6.45) is 4.46. The van der Waals surface area contributed by atoms with Gasteiger partial charge in [-0.25, -0.2) is 0 Å². The molecule has 0 amide bonds. The van der Waals surface area contributed by atoms with Gasteiger partial charge in [-0.2, -0.15) is 0 Å². The fraction of sp³-hybridized carbons (Fsp3) is 1.00. The van der Waals surface area contributed by atoms with Gasteiger partial charge in [0.05, 0.1) is 6.10 Å². The molecule has 0 aromatic heterocycles. The Hall–Kier alpha value is -0.0400. The Morgan fingerprint density at radius 1 is 1.67 bits per heavy atom. The van der Waals surface area contributed by atoms with Crippen molar-refractivity contribution in [3.8, 4) is 0 Å². The molecule has 54 valence electrons.